The van der Waals surface area contributed by atoms with Crippen LogP contribution in [0, 0.1) is 6.92 Å². The smallest absolute Gasteiger partial charge is 0.407 e. The van der Waals surface area contributed by atoms with Gasteiger partial charge in [-0.25, -0.2) is 4.79 Å². The van der Waals surface area contributed by atoms with E-state index in [4.69, 9.17) is 8.92 Å². The fourth-order valence-electron chi connectivity index (χ4n) is 3.17. The van der Waals surface area contributed by atoms with E-state index in [2.05, 4.69) is 5.32 Å². The fraction of sp³-hybridized carbons (Fsp3) is 0.381. The predicted molar refractivity (Wildman–Crippen MR) is 105 cm³/mol. The lowest BCUT2D eigenvalue weighted by Crippen LogP contribution is -2.39. The van der Waals surface area contributed by atoms with Crippen LogP contribution in [-0.2, 0) is 25.6 Å². The number of alkyl carbamates (subject to hydrolysis) is 1. The Labute approximate surface area is 166 Å². The molecule has 1 fully saturated rings. The molecule has 1 saturated carbocycles. The molecule has 0 bridgehead atoms. The van der Waals surface area contributed by atoms with E-state index in [1.807, 2.05) is 37.3 Å². The molecule has 0 spiro atoms. The van der Waals surface area contributed by atoms with Crippen LogP contribution in [0.5, 0.6) is 0 Å². The van der Waals surface area contributed by atoms with Crippen molar-refractivity contribution >= 4 is 16.2 Å². The summed E-state index contributed by atoms with van der Waals surface area (Å²) >= 11 is 0. The molecule has 28 heavy (non-hydrogen) atoms. The zero-order valence-corrected chi connectivity index (χ0v) is 16.7. The average Bonchev–Trinajstić information content (AvgIpc) is 2.69. The van der Waals surface area contributed by atoms with Gasteiger partial charge in [-0.2, -0.15) is 8.42 Å². The number of hydrogen-bond donors (Lipinski definition) is 1. The molecule has 6 nitrogen and oxygen atoms in total. The molecule has 1 amide bonds. The molecule has 0 unspecified atom stereocenters. The Morgan fingerprint density at radius 1 is 1.00 bits per heavy atom. The molecular formula is C21H25NO5S. The van der Waals surface area contributed by atoms with Crippen LogP contribution in [-0.4, -0.2) is 26.7 Å². The van der Waals surface area contributed by atoms with Crippen LogP contribution in [0.25, 0.3) is 0 Å². The van der Waals surface area contributed by atoms with Crippen molar-refractivity contribution < 1.29 is 22.1 Å². The van der Waals surface area contributed by atoms with E-state index in [-0.39, 0.29) is 23.6 Å². The number of carbonyl (C=O) groups excluding carboxylic acids is 1. The van der Waals surface area contributed by atoms with Crippen molar-refractivity contribution in [1.82, 2.24) is 5.32 Å². The van der Waals surface area contributed by atoms with Crippen LogP contribution in [0.4, 0.5) is 4.79 Å². The van der Waals surface area contributed by atoms with Gasteiger partial charge in [-0.05, 0) is 50.3 Å². The van der Waals surface area contributed by atoms with Crippen molar-refractivity contribution in [3.05, 3.63) is 65.7 Å². The third-order valence-corrected chi connectivity index (χ3v) is 6.16. The molecule has 0 aliphatic heterocycles. The summed E-state index contributed by atoms with van der Waals surface area (Å²) in [5, 5.41) is 2.84. The van der Waals surface area contributed by atoms with Gasteiger partial charge in [0.15, 0.2) is 0 Å². The van der Waals surface area contributed by atoms with E-state index in [0.717, 1.165) is 11.1 Å². The predicted octanol–water partition coefficient (Wildman–Crippen LogP) is 3.94. The third-order valence-electron chi connectivity index (χ3n) is 4.78. The van der Waals surface area contributed by atoms with Crippen LogP contribution >= 0.6 is 0 Å². The zero-order chi connectivity index (χ0) is 20.0. The van der Waals surface area contributed by atoms with Gasteiger partial charge in [0, 0.05) is 6.04 Å². The van der Waals surface area contributed by atoms with Gasteiger partial charge < -0.3 is 10.1 Å². The lowest BCUT2D eigenvalue weighted by molar-refractivity contribution is 0.118. The lowest BCUT2D eigenvalue weighted by atomic mass is 9.93. The number of ether oxygens (including phenoxy) is 1. The van der Waals surface area contributed by atoms with Crippen molar-refractivity contribution in [2.24, 2.45) is 0 Å². The highest BCUT2D eigenvalue weighted by atomic mass is 32.2. The van der Waals surface area contributed by atoms with Crippen molar-refractivity contribution in [2.45, 2.75) is 56.3 Å². The van der Waals surface area contributed by atoms with E-state index < -0.39 is 16.2 Å². The topological polar surface area (TPSA) is 81.7 Å². The second-order valence-electron chi connectivity index (χ2n) is 7.04. The molecular weight excluding hydrogens is 378 g/mol. The Morgan fingerprint density at radius 3 is 2.29 bits per heavy atom. The summed E-state index contributed by atoms with van der Waals surface area (Å²) in [5.74, 6) is 0. The molecule has 0 heterocycles. The van der Waals surface area contributed by atoms with Crippen LogP contribution in [0.15, 0.2) is 59.5 Å². The number of nitrogens with one attached hydrogen (secondary N) is 1. The summed E-state index contributed by atoms with van der Waals surface area (Å²) in [6.45, 7) is 2.12. The van der Waals surface area contributed by atoms with Gasteiger partial charge in [0.05, 0.1) is 11.0 Å². The van der Waals surface area contributed by atoms with Crippen molar-refractivity contribution in [3.8, 4) is 0 Å². The van der Waals surface area contributed by atoms with Crippen molar-refractivity contribution in [1.29, 1.82) is 0 Å². The molecule has 1 aliphatic carbocycles. The average molecular weight is 404 g/mol. The van der Waals surface area contributed by atoms with Crippen molar-refractivity contribution in [2.75, 3.05) is 0 Å². The number of aryl methyl sites for hydroxylation is 1. The molecule has 0 aromatic heterocycles. The maximum atomic E-state index is 12.4. The summed E-state index contributed by atoms with van der Waals surface area (Å²) in [5.41, 5.74) is 1.92. The van der Waals surface area contributed by atoms with E-state index in [9.17, 15) is 13.2 Å². The highest BCUT2D eigenvalue weighted by molar-refractivity contribution is 7.86. The Kier molecular flexibility index (Phi) is 6.70. The standard InChI is InChI=1S/C21H25NO5S/c1-16-7-13-20(14-8-16)28(24,25)27-19-11-9-18(10-12-19)22-21(23)26-15-17-5-3-2-4-6-17/h2-8,13-14,18-19H,9-12,15H2,1H3,(H,22,23). The van der Waals surface area contributed by atoms with Gasteiger partial charge in [-0.3, -0.25) is 4.18 Å². The first-order valence-electron chi connectivity index (χ1n) is 9.39. The van der Waals surface area contributed by atoms with Gasteiger partial charge in [0.25, 0.3) is 10.1 Å². The number of benzene rings is 2. The molecule has 2 aromatic rings. The third kappa shape index (κ3) is 5.81. The maximum absolute atomic E-state index is 12.4. The number of hydrogen-bond acceptors (Lipinski definition) is 5. The van der Waals surface area contributed by atoms with Crippen LogP contribution in [0.1, 0.15) is 36.8 Å². The first-order chi connectivity index (χ1) is 13.4. The van der Waals surface area contributed by atoms with Crippen LogP contribution in [0.3, 0.4) is 0 Å². The molecule has 3 rings (SSSR count). The van der Waals surface area contributed by atoms with Crippen molar-refractivity contribution in [3.63, 3.8) is 0 Å². The number of carbonyl (C=O) groups is 1. The minimum absolute atomic E-state index is 0.0368. The van der Waals surface area contributed by atoms with Gasteiger partial charge in [0.2, 0.25) is 0 Å². The lowest BCUT2D eigenvalue weighted by Gasteiger charge is -2.28. The zero-order valence-electron chi connectivity index (χ0n) is 15.8. The Balaban J connectivity index is 1.42. The molecule has 7 heteroatoms. The van der Waals surface area contributed by atoms with Crippen LogP contribution < -0.4 is 5.32 Å². The summed E-state index contributed by atoms with van der Waals surface area (Å²) in [7, 11) is -3.77. The van der Waals surface area contributed by atoms with Gasteiger partial charge in [0.1, 0.15) is 6.61 Å². The summed E-state index contributed by atoms with van der Waals surface area (Å²) in [6.07, 6.45) is 1.59. The Hall–Kier alpha value is -2.38. The largest absolute Gasteiger partial charge is 0.445 e. The molecule has 2 aromatic carbocycles. The molecule has 0 radical (unpaired) electrons. The van der Waals surface area contributed by atoms with Crippen LogP contribution in [0.2, 0.25) is 0 Å². The molecule has 1 aliphatic rings. The second-order valence-corrected chi connectivity index (χ2v) is 8.62. The Bertz CT molecular complexity index is 873. The monoisotopic (exact) mass is 403 g/mol. The molecule has 0 saturated heterocycles. The minimum Gasteiger partial charge on any atom is -0.445 e. The minimum atomic E-state index is -3.77. The Morgan fingerprint density at radius 2 is 1.64 bits per heavy atom. The molecule has 150 valence electrons. The number of rotatable bonds is 6. The normalized spacial score (nSPS) is 19.8. The molecule has 0 atom stereocenters. The number of amides is 1. The quantitative estimate of drug-likeness (QED) is 0.739. The first-order valence-corrected chi connectivity index (χ1v) is 10.8. The van der Waals surface area contributed by atoms with E-state index in [0.29, 0.717) is 25.7 Å². The van der Waals surface area contributed by atoms with Gasteiger partial charge >= 0.3 is 6.09 Å². The van der Waals surface area contributed by atoms with E-state index >= 15 is 0 Å². The SMILES string of the molecule is Cc1ccc(S(=O)(=O)OC2CCC(NC(=O)OCc3ccccc3)CC2)cc1. The first kappa shape index (κ1) is 20.4. The fourth-order valence-corrected chi connectivity index (χ4v) is 4.31. The molecule has 1 N–H and O–H groups in total. The maximum Gasteiger partial charge on any atom is 0.407 e. The van der Waals surface area contributed by atoms with Gasteiger partial charge in [-0.1, -0.05) is 48.0 Å². The van der Waals surface area contributed by atoms with E-state index in [1.165, 1.54) is 0 Å². The van der Waals surface area contributed by atoms with E-state index in [1.54, 1.807) is 24.3 Å². The summed E-state index contributed by atoms with van der Waals surface area (Å²) < 4.78 is 35.4. The second kappa shape index (κ2) is 9.21. The summed E-state index contributed by atoms with van der Waals surface area (Å²) in [4.78, 5) is 12.1. The highest BCUT2D eigenvalue weighted by Gasteiger charge is 2.28. The van der Waals surface area contributed by atoms with Gasteiger partial charge in [-0.15, -0.1) is 0 Å². The summed E-state index contributed by atoms with van der Waals surface area (Å²) in [6, 6.07) is 16.0. The highest BCUT2D eigenvalue weighted by Crippen LogP contribution is 2.25.